The van der Waals surface area contributed by atoms with Crippen molar-refractivity contribution < 1.29 is 9.59 Å². The van der Waals surface area contributed by atoms with Gasteiger partial charge in [-0.15, -0.1) is 0 Å². The second-order valence-corrected chi connectivity index (χ2v) is 7.38. The maximum atomic E-state index is 13.2. The third kappa shape index (κ3) is 3.38. The monoisotopic (exact) mass is 413 g/mol. The van der Waals surface area contributed by atoms with Gasteiger partial charge in [-0.1, -0.05) is 6.07 Å². The summed E-state index contributed by atoms with van der Waals surface area (Å²) in [5.41, 5.74) is 3.11. The molecule has 5 rings (SSSR count). The molecule has 8 nitrogen and oxygen atoms in total. The van der Waals surface area contributed by atoms with Gasteiger partial charge in [0.15, 0.2) is 0 Å². The largest absolute Gasteiger partial charge is 0.333 e. The number of hydrogen-bond donors (Lipinski definition) is 2. The number of nitrogens with zero attached hydrogens (tertiary/aromatic N) is 3. The number of aromatic amines is 1. The molecule has 1 aliphatic rings. The fourth-order valence-electron chi connectivity index (χ4n) is 4.00. The molecular formula is C23H19N5O3. The van der Waals surface area contributed by atoms with Crippen LogP contribution in [-0.2, 0) is 13.0 Å². The molecule has 0 atom stereocenters. The van der Waals surface area contributed by atoms with Crippen LogP contribution in [-0.4, -0.2) is 37.6 Å². The smallest absolute Gasteiger partial charge is 0.271 e. The Morgan fingerprint density at radius 1 is 1.10 bits per heavy atom. The first-order chi connectivity index (χ1) is 15.1. The molecule has 0 bridgehead atoms. The van der Waals surface area contributed by atoms with Gasteiger partial charge in [0, 0.05) is 37.2 Å². The molecule has 1 aliphatic heterocycles. The second-order valence-electron chi connectivity index (χ2n) is 7.38. The summed E-state index contributed by atoms with van der Waals surface area (Å²) in [4.78, 5) is 46.8. The zero-order chi connectivity index (χ0) is 21.4. The molecule has 0 saturated carbocycles. The number of amides is 2. The second kappa shape index (κ2) is 7.56. The molecule has 8 heteroatoms. The molecule has 0 aliphatic carbocycles. The minimum absolute atomic E-state index is 0.0848. The molecule has 0 aromatic carbocycles. The molecule has 0 radical (unpaired) electrons. The molecule has 2 amide bonds. The van der Waals surface area contributed by atoms with Gasteiger partial charge in [-0.05, 0) is 53.9 Å². The third-order valence-corrected chi connectivity index (χ3v) is 5.50. The summed E-state index contributed by atoms with van der Waals surface area (Å²) in [6.45, 7) is 0.737. The summed E-state index contributed by atoms with van der Waals surface area (Å²) < 4.78 is 1.86. The third-order valence-electron chi connectivity index (χ3n) is 5.50. The number of H-pyrrole nitrogens is 1. The van der Waals surface area contributed by atoms with Gasteiger partial charge in [-0.2, -0.15) is 0 Å². The molecular weight excluding hydrogens is 394 g/mol. The Labute approximate surface area is 177 Å². The molecule has 4 aromatic heterocycles. The Kier molecular flexibility index (Phi) is 4.59. The lowest BCUT2D eigenvalue weighted by Gasteiger charge is -2.29. The zero-order valence-electron chi connectivity index (χ0n) is 16.5. The summed E-state index contributed by atoms with van der Waals surface area (Å²) in [7, 11) is 0. The number of anilines is 1. The Morgan fingerprint density at radius 2 is 2.00 bits per heavy atom. The van der Waals surface area contributed by atoms with E-state index in [1.165, 1.54) is 6.20 Å². The highest BCUT2D eigenvalue weighted by Gasteiger charge is 2.28. The SMILES string of the molecule is O=C(Nc1cccnc1)c1c2c(c[nH]c1=O)CN(C(=O)c1ccc3ccccn13)CC2. The number of carbonyl (C=O) groups excluding carboxylic acids is 2. The van der Waals surface area contributed by atoms with Crippen LogP contribution in [0.25, 0.3) is 5.52 Å². The van der Waals surface area contributed by atoms with E-state index in [1.807, 2.05) is 40.9 Å². The summed E-state index contributed by atoms with van der Waals surface area (Å²) in [6, 6.07) is 12.9. The average Bonchev–Trinajstić information content (AvgIpc) is 3.23. The molecule has 4 aromatic rings. The predicted octanol–water partition coefficient (Wildman–Crippen LogP) is 2.47. The lowest BCUT2D eigenvalue weighted by Crippen LogP contribution is -2.39. The van der Waals surface area contributed by atoms with Gasteiger partial charge in [0.1, 0.15) is 11.3 Å². The molecule has 0 saturated heterocycles. The molecule has 0 unspecified atom stereocenters. The van der Waals surface area contributed by atoms with Gasteiger partial charge < -0.3 is 19.6 Å². The minimum Gasteiger partial charge on any atom is -0.333 e. The number of hydrogen-bond acceptors (Lipinski definition) is 4. The topological polar surface area (TPSA) is 99.6 Å². The molecule has 0 spiro atoms. The van der Waals surface area contributed by atoms with Crippen LogP contribution >= 0.6 is 0 Å². The van der Waals surface area contributed by atoms with E-state index in [2.05, 4.69) is 15.3 Å². The van der Waals surface area contributed by atoms with E-state index in [-0.39, 0.29) is 11.5 Å². The fraction of sp³-hybridized carbons (Fsp3) is 0.130. The van der Waals surface area contributed by atoms with Crippen LogP contribution in [0.5, 0.6) is 0 Å². The van der Waals surface area contributed by atoms with Crippen molar-refractivity contribution in [2.24, 2.45) is 0 Å². The van der Waals surface area contributed by atoms with Crippen LogP contribution in [0.1, 0.15) is 32.0 Å². The zero-order valence-corrected chi connectivity index (χ0v) is 16.5. The van der Waals surface area contributed by atoms with Gasteiger partial charge in [0.05, 0.1) is 11.9 Å². The van der Waals surface area contributed by atoms with E-state index in [4.69, 9.17) is 0 Å². The first-order valence-electron chi connectivity index (χ1n) is 9.92. The Morgan fingerprint density at radius 3 is 2.84 bits per heavy atom. The van der Waals surface area contributed by atoms with Crippen molar-refractivity contribution in [1.29, 1.82) is 0 Å². The quantitative estimate of drug-likeness (QED) is 0.539. The fourth-order valence-corrected chi connectivity index (χ4v) is 4.00. The highest BCUT2D eigenvalue weighted by molar-refractivity contribution is 6.05. The van der Waals surface area contributed by atoms with Gasteiger partial charge in [-0.3, -0.25) is 19.4 Å². The number of aromatic nitrogens is 3. The van der Waals surface area contributed by atoms with Crippen molar-refractivity contribution in [3.63, 3.8) is 0 Å². The number of nitrogens with one attached hydrogen (secondary N) is 2. The number of carbonyl (C=O) groups is 2. The van der Waals surface area contributed by atoms with Crippen LogP contribution in [0.4, 0.5) is 5.69 Å². The van der Waals surface area contributed by atoms with Crippen molar-refractivity contribution in [3.05, 3.63) is 100.0 Å². The standard InChI is InChI=1S/C23H19N5O3/c29-21-20(22(30)26-16-4-3-9-24-13-16)18-8-11-27(14-15(18)12-25-21)23(31)19-7-6-17-5-1-2-10-28(17)19/h1-7,9-10,12-13H,8,11,14H2,(H,25,29)(H,26,30). The first kappa shape index (κ1) is 18.8. The van der Waals surface area contributed by atoms with Crippen LogP contribution in [0.15, 0.2) is 72.0 Å². The Bertz CT molecular complexity index is 1360. The highest BCUT2D eigenvalue weighted by Crippen LogP contribution is 2.23. The normalized spacial score (nSPS) is 13.1. The van der Waals surface area contributed by atoms with E-state index < -0.39 is 11.5 Å². The van der Waals surface area contributed by atoms with E-state index in [9.17, 15) is 14.4 Å². The van der Waals surface area contributed by atoms with E-state index in [0.717, 1.165) is 11.1 Å². The van der Waals surface area contributed by atoms with Crippen LogP contribution in [0.3, 0.4) is 0 Å². The van der Waals surface area contributed by atoms with Gasteiger partial charge in [-0.25, -0.2) is 0 Å². The first-order valence-corrected chi connectivity index (χ1v) is 9.92. The number of rotatable bonds is 3. The number of pyridine rings is 3. The average molecular weight is 413 g/mol. The molecule has 0 fully saturated rings. The summed E-state index contributed by atoms with van der Waals surface area (Å²) in [5.74, 6) is -0.576. The van der Waals surface area contributed by atoms with Gasteiger partial charge >= 0.3 is 0 Å². The maximum Gasteiger partial charge on any atom is 0.271 e. The highest BCUT2D eigenvalue weighted by atomic mass is 16.2. The van der Waals surface area contributed by atoms with Crippen molar-refractivity contribution in [1.82, 2.24) is 19.3 Å². The van der Waals surface area contributed by atoms with Crippen LogP contribution < -0.4 is 10.9 Å². The van der Waals surface area contributed by atoms with Crippen molar-refractivity contribution in [3.8, 4) is 0 Å². The lowest BCUT2D eigenvalue weighted by atomic mass is 9.96. The van der Waals surface area contributed by atoms with Crippen molar-refractivity contribution >= 4 is 23.0 Å². The van der Waals surface area contributed by atoms with E-state index >= 15 is 0 Å². The summed E-state index contributed by atoms with van der Waals surface area (Å²) >= 11 is 0. The Balaban J connectivity index is 1.43. The van der Waals surface area contributed by atoms with Crippen molar-refractivity contribution in [2.45, 2.75) is 13.0 Å². The molecule has 5 heterocycles. The molecule has 154 valence electrons. The maximum absolute atomic E-state index is 13.2. The van der Waals surface area contributed by atoms with Crippen LogP contribution in [0.2, 0.25) is 0 Å². The summed E-state index contributed by atoms with van der Waals surface area (Å²) in [6.07, 6.45) is 6.99. The van der Waals surface area contributed by atoms with Crippen LogP contribution in [0, 0.1) is 0 Å². The molecule has 31 heavy (non-hydrogen) atoms. The summed E-state index contributed by atoms with van der Waals surface area (Å²) in [5, 5.41) is 2.72. The van der Waals surface area contributed by atoms with Crippen molar-refractivity contribution in [2.75, 3.05) is 11.9 Å². The van der Waals surface area contributed by atoms with E-state index in [1.54, 1.807) is 29.4 Å². The predicted molar refractivity (Wildman–Crippen MR) is 115 cm³/mol. The van der Waals surface area contributed by atoms with Gasteiger partial charge in [0.25, 0.3) is 17.4 Å². The Hall–Kier alpha value is -4.20. The molecule has 2 N–H and O–H groups in total. The number of fused-ring (bicyclic) bond motifs is 2. The van der Waals surface area contributed by atoms with E-state index in [0.29, 0.717) is 36.5 Å². The van der Waals surface area contributed by atoms with Gasteiger partial charge in [0.2, 0.25) is 0 Å². The minimum atomic E-state index is -0.483. The lowest BCUT2D eigenvalue weighted by molar-refractivity contribution is 0.0727.